The first-order valence-electron chi connectivity index (χ1n) is 10.7. The predicted molar refractivity (Wildman–Crippen MR) is 131 cm³/mol. The highest BCUT2D eigenvalue weighted by molar-refractivity contribution is 8.01. The number of hydrogen-bond donors (Lipinski definition) is 2. The van der Waals surface area contributed by atoms with Crippen molar-refractivity contribution in [2.24, 2.45) is 7.05 Å². The van der Waals surface area contributed by atoms with E-state index in [-0.39, 0.29) is 23.1 Å². The molecule has 1 aromatic heterocycles. The third kappa shape index (κ3) is 5.33. The molecule has 2 aromatic carbocycles. The zero-order chi connectivity index (χ0) is 23.4. The smallest absolute Gasteiger partial charge is 0.254 e. The minimum absolute atomic E-state index is 0.148. The van der Waals surface area contributed by atoms with Crippen molar-refractivity contribution < 1.29 is 8.78 Å². The number of halogens is 2. The topological polar surface area (TPSA) is 46.1 Å². The van der Waals surface area contributed by atoms with Crippen LogP contribution in [0.2, 0.25) is 0 Å². The van der Waals surface area contributed by atoms with Gasteiger partial charge in [-0.3, -0.25) is 9.36 Å². The molecule has 32 heavy (non-hydrogen) atoms. The highest BCUT2D eigenvalue weighted by Gasteiger charge is 2.39. The SMILES string of the molecule is CC.Cc1ccc(Nc2c(NSC3CC3c3cccc(F)c3)cc(C)c(=O)n2C)c(F)c1. The largest absolute Gasteiger partial charge is 0.337 e. The van der Waals surface area contributed by atoms with E-state index in [9.17, 15) is 13.6 Å². The maximum absolute atomic E-state index is 14.4. The third-order valence-corrected chi connectivity index (χ3v) is 6.46. The Bertz CT molecular complexity index is 1160. The molecule has 2 atom stereocenters. The van der Waals surface area contributed by atoms with Crippen molar-refractivity contribution in [3.8, 4) is 0 Å². The molecule has 1 fully saturated rings. The van der Waals surface area contributed by atoms with Crippen molar-refractivity contribution in [1.82, 2.24) is 4.57 Å². The van der Waals surface area contributed by atoms with Gasteiger partial charge in [0.05, 0.1) is 11.4 Å². The van der Waals surface area contributed by atoms with Gasteiger partial charge in [-0.1, -0.05) is 32.0 Å². The molecule has 0 spiro atoms. The first kappa shape index (κ1) is 23.9. The molecule has 170 valence electrons. The van der Waals surface area contributed by atoms with Crippen LogP contribution in [0.4, 0.5) is 26.0 Å². The molecule has 0 bridgehead atoms. The summed E-state index contributed by atoms with van der Waals surface area (Å²) in [6.07, 6.45) is 0.946. The number of nitrogens with one attached hydrogen (secondary N) is 2. The Morgan fingerprint density at radius 1 is 1.03 bits per heavy atom. The molecule has 0 radical (unpaired) electrons. The van der Waals surface area contributed by atoms with Crippen LogP contribution in [0.15, 0.2) is 53.3 Å². The highest BCUT2D eigenvalue weighted by atomic mass is 32.2. The normalized spacial score (nSPS) is 16.7. The lowest BCUT2D eigenvalue weighted by Crippen LogP contribution is -2.22. The predicted octanol–water partition coefficient (Wildman–Crippen LogP) is 6.67. The molecule has 0 amide bonds. The van der Waals surface area contributed by atoms with E-state index in [1.165, 1.54) is 28.6 Å². The lowest BCUT2D eigenvalue weighted by atomic mass is 10.1. The van der Waals surface area contributed by atoms with Crippen molar-refractivity contribution >= 4 is 29.1 Å². The fourth-order valence-electron chi connectivity index (χ4n) is 3.50. The van der Waals surface area contributed by atoms with Crippen LogP contribution in [-0.4, -0.2) is 9.82 Å². The molecule has 2 unspecified atom stereocenters. The number of benzene rings is 2. The van der Waals surface area contributed by atoms with Crippen LogP contribution >= 0.6 is 11.9 Å². The maximum Gasteiger partial charge on any atom is 0.254 e. The Labute approximate surface area is 192 Å². The first-order chi connectivity index (χ1) is 15.3. The summed E-state index contributed by atoms with van der Waals surface area (Å²) in [5, 5.41) is 3.36. The number of nitrogens with zero attached hydrogens (tertiary/aromatic N) is 1. The molecule has 3 aromatic rings. The quantitative estimate of drug-likeness (QED) is 0.406. The molecule has 4 nitrogen and oxygen atoms in total. The zero-order valence-corrected chi connectivity index (χ0v) is 19.8. The lowest BCUT2D eigenvalue weighted by Gasteiger charge is -2.18. The average molecular weight is 458 g/mol. The second-order valence-electron chi connectivity index (χ2n) is 7.72. The standard InChI is InChI=1S/C23H23F2N3OS.C2H6/c1-13-7-8-19(18(25)9-13)26-22-20(10-14(2)23(29)28(22)3)27-30-21-12-17(21)15-5-4-6-16(24)11-15;1-2/h4-11,17,21,26-27H,12H2,1-3H3;1-2H3. The third-order valence-electron chi connectivity index (χ3n) is 5.30. The number of hydrogen-bond acceptors (Lipinski definition) is 4. The number of anilines is 3. The summed E-state index contributed by atoms with van der Waals surface area (Å²) in [5.74, 6) is 0.174. The van der Waals surface area contributed by atoms with Gasteiger partial charge in [-0.15, -0.1) is 0 Å². The lowest BCUT2D eigenvalue weighted by molar-refractivity contribution is 0.625. The van der Waals surface area contributed by atoms with E-state index in [1.54, 1.807) is 38.2 Å². The van der Waals surface area contributed by atoms with E-state index in [0.717, 1.165) is 17.5 Å². The summed E-state index contributed by atoms with van der Waals surface area (Å²) < 4.78 is 32.7. The second-order valence-corrected chi connectivity index (χ2v) is 8.76. The van der Waals surface area contributed by atoms with E-state index >= 15 is 0 Å². The molecule has 7 heteroatoms. The van der Waals surface area contributed by atoms with Crippen LogP contribution in [0.3, 0.4) is 0 Å². The minimum atomic E-state index is -0.380. The molecule has 4 rings (SSSR count). The molecule has 2 N–H and O–H groups in total. The number of aromatic nitrogens is 1. The van der Waals surface area contributed by atoms with Gasteiger partial charge in [0.25, 0.3) is 5.56 Å². The fraction of sp³-hybridized carbons (Fsp3) is 0.320. The fourth-order valence-corrected chi connectivity index (χ4v) is 4.56. The van der Waals surface area contributed by atoms with Crippen molar-refractivity contribution in [3.05, 3.63) is 87.2 Å². The Morgan fingerprint density at radius 3 is 2.47 bits per heavy atom. The second kappa shape index (κ2) is 10.2. The van der Waals surface area contributed by atoms with Gasteiger partial charge in [0.1, 0.15) is 17.5 Å². The van der Waals surface area contributed by atoms with Crippen LogP contribution in [0, 0.1) is 25.5 Å². The zero-order valence-electron chi connectivity index (χ0n) is 19.0. The number of pyridine rings is 1. The van der Waals surface area contributed by atoms with Crippen LogP contribution in [0.25, 0.3) is 0 Å². The minimum Gasteiger partial charge on any atom is -0.337 e. The Morgan fingerprint density at radius 2 is 1.78 bits per heavy atom. The molecule has 1 aliphatic rings. The van der Waals surface area contributed by atoms with Gasteiger partial charge in [-0.05, 0) is 79.6 Å². The van der Waals surface area contributed by atoms with E-state index in [0.29, 0.717) is 28.0 Å². The van der Waals surface area contributed by atoms with Gasteiger partial charge in [0, 0.05) is 17.9 Å². The number of rotatable bonds is 6. The summed E-state index contributed by atoms with van der Waals surface area (Å²) in [4.78, 5) is 12.4. The van der Waals surface area contributed by atoms with E-state index < -0.39 is 0 Å². The van der Waals surface area contributed by atoms with E-state index in [4.69, 9.17) is 0 Å². The molecular formula is C25H29F2N3OS. The van der Waals surface area contributed by atoms with Gasteiger partial charge < -0.3 is 10.0 Å². The van der Waals surface area contributed by atoms with Gasteiger partial charge >= 0.3 is 0 Å². The van der Waals surface area contributed by atoms with Crippen LogP contribution in [-0.2, 0) is 7.05 Å². The van der Waals surface area contributed by atoms with Gasteiger partial charge in [-0.2, -0.15) is 0 Å². The van der Waals surface area contributed by atoms with Crippen molar-refractivity contribution in [2.45, 2.75) is 45.3 Å². The van der Waals surface area contributed by atoms with Crippen molar-refractivity contribution in [2.75, 3.05) is 10.0 Å². The average Bonchev–Trinajstić information content (AvgIpc) is 3.55. The first-order valence-corrected chi connectivity index (χ1v) is 11.6. The highest BCUT2D eigenvalue weighted by Crippen LogP contribution is 2.49. The Hall–Kier alpha value is -2.80. The summed E-state index contributed by atoms with van der Waals surface area (Å²) in [5.41, 5.74) is 3.26. The molecular weight excluding hydrogens is 428 g/mol. The summed E-state index contributed by atoms with van der Waals surface area (Å²) in [7, 11) is 1.66. The summed E-state index contributed by atoms with van der Waals surface area (Å²) >= 11 is 1.54. The van der Waals surface area contributed by atoms with Crippen molar-refractivity contribution in [1.29, 1.82) is 0 Å². The molecule has 0 aliphatic heterocycles. The number of aryl methyl sites for hydroxylation is 2. The van der Waals surface area contributed by atoms with Gasteiger partial charge in [0.2, 0.25) is 0 Å². The van der Waals surface area contributed by atoms with Gasteiger partial charge in [-0.25, -0.2) is 8.78 Å². The van der Waals surface area contributed by atoms with Gasteiger partial charge in [0.15, 0.2) is 0 Å². The van der Waals surface area contributed by atoms with Crippen LogP contribution < -0.4 is 15.6 Å². The van der Waals surface area contributed by atoms with Crippen LogP contribution in [0.1, 0.15) is 42.9 Å². The van der Waals surface area contributed by atoms with E-state index in [1.807, 2.05) is 32.9 Å². The maximum atomic E-state index is 14.4. The summed E-state index contributed by atoms with van der Waals surface area (Å²) in [6, 6.07) is 13.4. The molecule has 1 heterocycles. The summed E-state index contributed by atoms with van der Waals surface area (Å²) in [6.45, 7) is 7.57. The Balaban J connectivity index is 0.00000141. The molecule has 1 saturated carbocycles. The monoisotopic (exact) mass is 457 g/mol. The Kier molecular flexibility index (Phi) is 7.61. The van der Waals surface area contributed by atoms with Crippen LogP contribution in [0.5, 0.6) is 0 Å². The molecule has 0 saturated heterocycles. The molecule has 1 aliphatic carbocycles. The van der Waals surface area contributed by atoms with Crippen molar-refractivity contribution in [3.63, 3.8) is 0 Å². The van der Waals surface area contributed by atoms with E-state index in [2.05, 4.69) is 10.0 Å².